The lowest BCUT2D eigenvalue weighted by Gasteiger charge is -2.13. The van der Waals surface area contributed by atoms with Gasteiger partial charge in [-0.3, -0.25) is 0 Å². The smallest absolute Gasteiger partial charge is 0.494 e. The Morgan fingerprint density at radius 1 is 0.519 bits per heavy atom. The van der Waals surface area contributed by atoms with E-state index < -0.39 is 47.5 Å². The standard InChI is InChI=1S/C20H15F3N2O3.C20H16F2N2O3.C19H14F2N2O3/c1-12-10-14(25-18-17(19(26)27)6-3-9-24-18)7-8-16(12)13-4-2-5-15(11-13)28-20(21,22)23;1-2-27-13-6-3-5-12(9-13)15-10-17(22)18(11-16(15)21)24-19-14(20(25)26)7-4-8-23-19;1-26-16-6-2-4-12(17(16)21)11-7-8-15(14(20)10-11)23-18-13(19(24)25)5-3-9-22-18/h2-11H,1H3,(H,24,25)(H,26,27);3-11H,2H2,1H3,(H,23,24)(H,25,26);2-10H,1H3,(H,22,23)(H,24,25). The van der Waals surface area contributed by atoms with Crippen LogP contribution >= 0.6 is 0 Å². The number of rotatable bonds is 16. The molecule has 0 saturated carbocycles. The number of methoxy groups -OCH3 is 1. The average molecular weight is 1120 g/mol. The van der Waals surface area contributed by atoms with Crippen LogP contribution in [0.3, 0.4) is 0 Å². The molecule has 3 aromatic heterocycles. The first-order valence-electron chi connectivity index (χ1n) is 23.9. The maximum absolute atomic E-state index is 14.6. The van der Waals surface area contributed by atoms with E-state index in [1.165, 1.54) is 105 Å². The van der Waals surface area contributed by atoms with E-state index in [-0.39, 0.29) is 68.1 Å². The number of nitrogens with one attached hydrogen (secondary N) is 3. The van der Waals surface area contributed by atoms with Crippen LogP contribution in [-0.4, -0.2) is 68.3 Å². The number of alkyl halides is 3. The van der Waals surface area contributed by atoms with Crippen molar-refractivity contribution in [2.45, 2.75) is 20.2 Å². The second-order valence-electron chi connectivity index (χ2n) is 16.9. The molecule has 0 atom stereocenters. The van der Waals surface area contributed by atoms with Crippen LogP contribution in [0.5, 0.6) is 17.2 Å². The van der Waals surface area contributed by atoms with Gasteiger partial charge in [0.05, 0.1) is 25.1 Å². The molecule has 0 aliphatic heterocycles. The summed E-state index contributed by atoms with van der Waals surface area (Å²) in [6, 6.07) is 36.8. The van der Waals surface area contributed by atoms with Gasteiger partial charge in [-0.2, -0.15) is 0 Å². The Labute approximate surface area is 456 Å². The second kappa shape index (κ2) is 26.2. The average Bonchev–Trinajstić information content (AvgIpc) is 3.44. The summed E-state index contributed by atoms with van der Waals surface area (Å²) in [5.41, 5.74) is 3.33. The normalized spacial score (nSPS) is 10.7. The third-order valence-electron chi connectivity index (χ3n) is 11.5. The zero-order valence-electron chi connectivity index (χ0n) is 42.7. The maximum atomic E-state index is 14.6. The van der Waals surface area contributed by atoms with Crippen LogP contribution in [0.1, 0.15) is 43.6 Å². The van der Waals surface area contributed by atoms with Crippen LogP contribution in [0, 0.1) is 30.2 Å². The van der Waals surface area contributed by atoms with Gasteiger partial charge in [-0.1, -0.05) is 48.5 Å². The Hall–Kier alpha value is -10.5. The van der Waals surface area contributed by atoms with Gasteiger partial charge in [-0.25, -0.2) is 46.9 Å². The molecule has 0 spiro atoms. The highest BCUT2D eigenvalue weighted by Crippen LogP contribution is 2.35. The molecule has 22 heteroatoms. The molecule has 0 unspecified atom stereocenters. The number of aromatic nitrogens is 3. The number of carbonyl (C=O) groups is 3. The number of halogens is 7. The monoisotopic (exact) mass is 1110 g/mol. The fraction of sp³-hybridized carbons (Fsp3) is 0.0847. The highest BCUT2D eigenvalue weighted by Gasteiger charge is 2.31. The summed E-state index contributed by atoms with van der Waals surface area (Å²) in [4.78, 5) is 45.5. The van der Waals surface area contributed by atoms with Gasteiger partial charge in [0.15, 0.2) is 11.6 Å². The largest absolute Gasteiger partial charge is 0.573 e. The molecule has 6 aromatic carbocycles. The zero-order chi connectivity index (χ0) is 58.4. The van der Waals surface area contributed by atoms with E-state index in [2.05, 4.69) is 35.6 Å². The molecule has 9 rings (SSSR count). The Morgan fingerprint density at radius 3 is 1.58 bits per heavy atom. The number of anilines is 6. The van der Waals surface area contributed by atoms with Crippen LogP contribution in [0.15, 0.2) is 170 Å². The molecule has 0 amide bonds. The van der Waals surface area contributed by atoms with Crippen molar-refractivity contribution < 1.29 is 74.6 Å². The molecule has 9 aromatic rings. The van der Waals surface area contributed by atoms with Crippen LogP contribution in [-0.2, 0) is 0 Å². The summed E-state index contributed by atoms with van der Waals surface area (Å²) in [7, 11) is 1.35. The molecular weight excluding hydrogens is 1070 g/mol. The third-order valence-corrected chi connectivity index (χ3v) is 11.5. The van der Waals surface area contributed by atoms with Crippen molar-refractivity contribution in [2.75, 3.05) is 29.7 Å². The molecule has 15 nitrogen and oxygen atoms in total. The molecular formula is C59H45F7N6O9. The molecule has 0 saturated heterocycles. The van der Waals surface area contributed by atoms with Gasteiger partial charge < -0.3 is 45.5 Å². The number of nitrogens with zero attached hydrogens (tertiary/aromatic N) is 3. The molecule has 0 fully saturated rings. The molecule has 81 heavy (non-hydrogen) atoms. The third kappa shape index (κ3) is 15.2. The minimum Gasteiger partial charge on any atom is -0.494 e. The van der Waals surface area contributed by atoms with Crippen LogP contribution < -0.4 is 30.2 Å². The molecule has 0 aliphatic rings. The highest BCUT2D eigenvalue weighted by atomic mass is 19.4. The van der Waals surface area contributed by atoms with E-state index in [9.17, 15) is 55.3 Å². The van der Waals surface area contributed by atoms with Crippen molar-refractivity contribution in [3.8, 4) is 50.6 Å². The fourth-order valence-electron chi connectivity index (χ4n) is 7.81. The van der Waals surface area contributed by atoms with E-state index in [1.807, 2.05) is 6.92 Å². The van der Waals surface area contributed by atoms with Crippen molar-refractivity contribution in [2.24, 2.45) is 0 Å². The number of aromatic carboxylic acids is 3. The van der Waals surface area contributed by atoms with Gasteiger partial charge in [0.2, 0.25) is 0 Å². The van der Waals surface area contributed by atoms with Crippen molar-refractivity contribution in [3.63, 3.8) is 0 Å². The first-order valence-corrected chi connectivity index (χ1v) is 23.9. The Morgan fingerprint density at radius 2 is 1.04 bits per heavy atom. The van der Waals surface area contributed by atoms with E-state index in [4.69, 9.17) is 14.6 Å². The quantitative estimate of drug-likeness (QED) is 0.0497. The van der Waals surface area contributed by atoms with E-state index in [0.29, 0.717) is 34.7 Å². The molecule has 0 bridgehead atoms. The van der Waals surface area contributed by atoms with Crippen LogP contribution in [0.4, 0.5) is 65.2 Å². The van der Waals surface area contributed by atoms with Crippen LogP contribution in [0.25, 0.3) is 33.4 Å². The predicted molar refractivity (Wildman–Crippen MR) is 288 cm³/mol. The number of carboxylic acids is 3. The van der Waals surface area contributed by atoms with Gasteiger partial charge >= 0.3 is 24.3 Å². The van der Waals surface area contributed by atoms with Gasteiger partial charge in [-0.05, 0) is 139 Å². The lowest BCUT2D eigenvalue weighted by Crippen LogP contribution is -2.17. The lowest BCUT2D eigenvalue weighted by atomic mass is 10.00. The number of aryl methyl sites for hydroxylation is 1. The minimum atomic E-state index is -4.76. The van der Waals surface area contributed by atoms with Crippen molar-refractivity contribution in [3.05, 3.63) is 216 Å². The summed E-state index contributed by atoms with van der Waals surface area (Å²) in [5, 5.41) is 35.7. The topological polar surface area (TPSA) is 214 Å². The Bertz CT molecular complexity index is 3760. The summed E-state index contributed by atoms with van der Waals surface area (Å²) in [5.74, 6) is -5.74. The summed E-state index contributed by atoms with van der Waals surface area (Å²) in [6.45, 7) is 4.09. The summed E-state index contributed by atoms with van der Waals surface area (Å²) >= 11 is 0. The number of carboxylic acid groups (broad SMARTS) is 3. The summed E-state index contributed by atoms with van der Waals surface area (Å²) < 4.78 is 110. The molecule has 0 radical (unpaired) electrons. The number of benzene rings is 6. The zero-order valence-corrected chi connectivity index (χ0v) is 42.7. The van der Waals surface area contributed by atoms with Gasteiger partial charge in [0, 0.05) is 41.5 Å². The van der Waals surface area contributed by atoms with Gasteiger partial charge in [0.1, 0.15) is 63.1 Å². The van der Waals surface area contributed by atoms with Gasteiger partial charge in [0.25, 0.3) is 0 Å². The molecule has 3 heterocycles. The summed E-state index contributed by atoms with van der Waals surface area (Å²) in [6.07, 6.45) is -0.530. The van der Waals surface area contributed by atoms with Crippen molar-refractivity contribution in [1.29, 1.82) is 0 Å². The molecule has 6 N–H and O–H groups in total. The predicted octanol–water partition coefficient (Wildman–Crippen LogP) is 14.7. The fourth-order valence-corrected chi connectivity index (χ4v) is 7.81. The van der Waals surface area contributed by atoms with E-state index in [1.54, 1.807) is 61.5 Å². The SMILES string of the molecule is CCOc1cccc(-c2cc(F)c(Nc3ncccc3C(=O)O)cc2F)c1.COc1cccc(-c2ccc(Nc3ncccc3C(=O)O)c(F)c2)c1F.Cc1cc(Nc2ncccc2C(=O)O)ccc1-c1cccc(OC(F)(F)F)c1. The highest BCUT2D eigenvalue weighted by molar-refractivity contribution is 5.95. The maximum Gasteiger partial charge on any atom is 0.573 e. The van der Waals surface area contributed by atoms with Crippen LogP contribution in [0.2, 0.25) is 0 Å². The lowest BCUT2D eigenvalue weighted by molar-refractivity contribution is -0.274. The first kappa shape index (κ1) is 58.2. The Kier molecular flexibility index (Phi) is 18.8. The van der Waals surface area contributed by atoms with Crippen molar-refractivity contribution >= 4 is 52.4 Å². The van der Waals surface area contributed by atoms with E-state index >= 15 is 0 Å². The number of pyridine rings is 3. The van der Waals surface area contributed by atoms with E-state index in [0.717, 1.165) is 29.3 Å². The molecule has 0 aliphatic carbocycles. The second-order valence-corrected chi connectivity index (χ2v) is 16.9. The molecule has 414 valence electrons. The first-order chi connectivity index (χ1) is 38.7. The van der Waals surface area contributed by atoms with Gasteiger partial charge in [-0.15, -0.1) is 13.2 Å². The minimum absolute atomic E-state index is 0.0132. The number of hydrogen-bond acceptors (Lipinski definition) is 12. The van der Waals surface area contributed by atoms with Crippen molar-refractivity contribution in [1.82, 2.24) is 15.0 Å². The number of ether oxygens (including phenoxy) is 3. The number of hydrogen-bond donors (Lipinski definition) is 6. The Balaban J connectivity index is 0.000000175.